The molecule has 1 amide bonds. The van der Waals surface area contributed by atoms with Gasteiger partial charge in [0.25, 0.3) is 11.6 Å². The van der Waals surface area contributed by atoms with Gasteiger partial charge in [0.2, 0.25) is 0 Å². The van der Waals surface area contributed by atoms with E-state index in [1.165, 1.54) is 24.3 Å². The second-order valence-electron chi connectivity index (χ2n) is 6.11. The minimum absolute atomic E-state index is 0.0242. The third kappa shape index (κ3) is 6.87. The minimum atomic E-state index is -0.630. The number of esters is 1. The predicted octanol–water partition coefficient (Wildman–Crippen LogP) is 3.39. The number of benzene rings is 2. The summed E-state index contributed by atoms with van der Waals surface area (Å²) < 4.78 is 23.8. The Hall–Kier alpha value is -3.49. The molecule has 0 saturated carbocycles. The number of carbonyl (C=O) groups excluding carboxylic acids is 2. The molecule has 154 valence electrons. The predicted molar refractivity (Wildman–Crippen MR) is 102 cm³/mol. The molecule has 0 fully saturated rings. The number of hydrogen-bond donors (Lipinski definition) is 1. The molecule has 1 N–H and O–H groups in total. The van der Waals surface area contributed by atoms with Gasteiger partial charge in [-0.3, -0.25) is 14.9 Å². The molecule has 0 aromatic heterocycles. The van der Waals surface area contributed by atoms with E-state index in [0.717, 1.165) is 25.0 Å². The van der Waals surface area contributed by atoms with Crippen LogP contribution in [0.1, 0.15) is 35.7 Å². The first-order valence-corrected chi connectivity index (χ1v) is 9.00. The third-order valence-corrected chi connectivity index (χ3v) is 3.87. The fourth-order valence-corrected chi connectivity index (χ4v) is 2.37. The molecule has 0 aliphatic rings. The van der Waals surface area contributed by atoms with Gasteiger partial charge in [-0.05, 0) is 24.1 Å². The SMILES string of the molecule is CCCCOC(=O)COc1cc(F)ccc1C(=O)NCc1cccc([N+](=O)[O-])c1. The van der Waals surface area contributed by atoms with E-state index in [0.29, 0.717) is 5.56 Å². The Morgan fingerprint density at radius 1 is 1.21 bits per heavy atom. The highest BCUT2D eigenvalue weighted by Crippen LogP contribution is 2.20. The van der Waals surface area contributed by atoms with E-state index in [1.807, 2.05) is 6.92 Å². The van der Waals surface area contributed by atoms with Crippen LogP contribution in [-0.2, 0) is 16.1 Å². The van der Waals surface area contributed by atoms with E-state index in [2.05, 4.69) is 5.32 Å². The van der Waals surface area contributed by atoms with E-state index < -0.39 is 29.2 Å². The summed E-state index contributed by atoms with van der Waals surface area (Å²) >= 11 is 0. The molecular weight excluding hydrogens is 383 g/mol. The normalized spacial score (nSPS) is 10.3. The number of halogens is 1. The van der Waals surface area contributed by atoms with Crippen molar-refractivity contribution in [2.75, 3.05) is 13.2 Å². The van der Waals surface area contributed by atoms with E-state index in [4.69, 9.17) is 9.47 Å². The summed E-state index contributed by atoms with van der Waals surface area (Å²) in [5, 5.41) is 13.4. The molecule has 0 radical (unpaired) electrons. The first kappa shape index (κ1) is 21.8. The van der Waals surface area contributed by atoms with Crippen molar-refractivity contribution in [3.63, 3.8) is 0 Å². The zero-order valence-electron chi connectivity index (χ0n) is 15.9. The fourth-order valence-electron chi connectivity index (χ4n) is 2.37. The summed E-state index contributed by atoms with van der Waals surface area (Å²) in [7, 11) is 0. The van der Waals surface area contributed by atoms with Gasteiger partial charge in [0.15, 0.2) is 6.61 Å². The maximum atomic E-state index is 13.6. The quantitative estimate of drug-likeness (QED) is 0.281. The van der Waals surface area contributed by atoms with Gasteiger partial charge in [-0.1, -0.05) is 25.5 Å². The molecule has 0 heterocycles. The van der Waals surface area contributed by atoms with Crippen LogP contribution in [0.15, 0.2) is 42.5 Å². The molecule has 0 unspecified atom stereocenters. The average Bonchev–Trinajstić information content (AvgIpc) is 2.71. The van der Waals surface area contributed by atoms with Crippen molar-refractivity contribution in [3.05, 3.63) is 69.5 Å². The van der Waals surface area contributed by atoms with E-state index >= 15 is 0 Å². The lowest BCUT2D eigenvalue weighted by atomic mass is 10.1. The molecule has 0 atom stereocenters. The van der Waals surface area contributed by atoms with E-state index in [-0.39, 0.29) is 30.2 Å². The van der Waals surface area contributed by atoms with Crippen molar-refractivity contribution in [2.45, 2.75) is 26.3 Å². The lowest BCUT2D eigenvalue weighted by molar-refractivity contribution is -0.384. The van der Waals surface area contributed by atoms with Gasteiger partial charge in [0, 0.05) is 24.7 Å². The summed E-state index contributed by atoms with van der Waals surface area (Å²) in [5.74, 6) is -1.93. The molecule has 0 spiro atoms. The number of unbranched alkanes of at least 4 members (excludes halogenated alkanes) is 1. The molecule has 2 aromatic rings. The number of ether oxygens (including phenoxy) is 2. The van der Waals surface area contributed by atoms with Gasteiger partial charge in [0.1, 0.15) is 11.6 Å². The molecule has 2 aromatic carbocycles. The summed E-state index contributed by atoms with van der Waals surface area (Å²) in [5.41, 5.74) is 0.457. The molecule has 8 nitrogen and oxygen atoms in total. The number of nitrogens with one attached hydrogen (secondary N) is 1. The van der Waals surface area contributed by atoms with Crippen LogP contribution >= 0.6 is 0 Å². The van der Waals surface area contributed by atoms with Crippen LogP contribution in [0.5, 0.6) is 5.75 Å². The number of rotatable bonds is 10. The maximum Gasteiger partial charge on any atom is 0.344 e. The lowest BCUT2D eigenvalue weighted by Crippen LogP contribution is -2.24. The molecule has 0 aliphatic heterocycles. The number of nitrogens with zero attached hydrogens (tertiary/aromatic N) is 1. The maximum absolute atomic E-state index is 13.6. The summed E-state index contributed by atoms with van der Waals surface area (Å²) in [4.78, 5) is 34.4. The Balaban J connectivity index is 2.01. The van der Waals surface area contributed by atoms with Crippen molar-refractivity contribution in [1.82, 2.24) is 5.32 Å². The van der Waals surface area contributed by atoms with Crippen LogP contribution in [-0.4, -0.2) is 30.0 Å². The Morgan fingerprint density at radius 3 is 2.72 bits per heavy atom. The summed E-state index contributed by atoms with van der Waals surface area (Å²) in [6.45, 7) is 1.78. The highest BCUT2D eigenvalue weighted by atomic mass is 19.1. The third-order valence-electron chi connectivity index (χ3n) is 3.87. The lowest BCUT2D eigenvalue weighted by Gasteiger charge is -2.12. The largest absolute Gasteiger partial charge is 0.481 e. The molecule has 0 aliphatic carbocycles. The van der Waals surface area contributed by atoms with Gasteiger partial charge < -0.3 is 14.8 Å². The van der Waals surface area contributed by atoms with Crippen molar-refractivity contribution in [1.29, 1.82) is 0 Å². The van der Waals surface area contributed by atoms with Crippen molar-refractivity contribution < 1.29 is 28.4 Å². The first-order chi connectivity index (χ1) is 13.9. The molecule has 0 bridgehead atoms. The number of amides is 1. The van der Waals surface area contributed by atoms with E-state index in [9.17, 15) is 24.1 Å². The van der Waals surface area contributed by atoms with Gasteiger partial charge >= 0.3 is 5.97 Å². The van der Waals surface area contributed by atoms with Crippen LogP contribution in [0.3, 0.4) is 0 Å². The van der Waals surface area contributed by atoms with Crippen molar-refractivity contribution >= 4 is 17.6 Å². The second-order valence-corrected chi connectivity index (χ2v) is 6.11. The Kier molecular flexibility index (Phi) is 8.08. The van der Waals surface area contributed by atoms with Gasteiger partial charge in [-0.15, -0.1) is 0 Å². The number of nitro benzene ring substituents is 1. The Bertz CT molecular complexity index is 887. The van der Waals surface area contributed by atoms with Crippen LogP contribution < -0.4 is 10.1 Å². The highest BCUT2D eigenvalue weighted by molar-refractivity contribution is 5.97. The highest BCUT2D eigenvalue weighted by Gasteiger charge is 2.16. The van der Waals surface area contributed by atoms with Crippen LogP contribution in [0.25, 0.3) is 0 Å². The zero-order valence-corrected chi connectivity index (χ0v) is 15.9. The average molecular weight is 404 g/mol. The van der Waals surface area contributed by atoms with Gasteiger partial charge in [0.05, 0.1) is 17.1 Å². The number of carbonyl (C=O) groups is 2. The summed E-state index contributed by atoms with van der Waals surface area (Å²) in [6, 6.07) is 9.15. The van der Waals surface area contributed by atoms with Gasteiger partial charge in [-0.2, -0.15) is 0 Å². The molecule has 9 heteroatoms. The Labute approximate surface area is 166 Å². The molecule has 0 saturated heterocycles. The summed E-state index contributed by atoms with van der Waals surface area (Å²) in [6.07, 6.45) is 1.59. The molecular formula is C20H21FN2O6. The molecule has 29 heavy (non-hydrogen) atoms. The monoisotopic (exact) mass is 404 g/mol. The van der Waals surface area contributed by atoms with Crippen molar-refractivity contribution in [2.24, 2.45) is 0 Å². The van der Waals surface area contributed by atoms with Crippen LogP contribution in [0, 0.1) is 15.9 Å². The smallest absolute Gasteiger partial charge is 0.344 e. The number of non-ortho nitro benzene ring substituents is 1. The first-order valence-electron chi connectivity index (χ1n) is 9.00. The second kappa shape index (κ2) is 10.7. The Morgan fingerprint density at radius 2 is 2.00 bits per heavy atom. The molecule has 2 rings (SSSR count). The topological polar surface area (TPSA) is 108 Å². The van der Waals surface area contributed by atoms with Crippen molar-refractivity contribution in [3.8, 4) is 5.75 Å². The van der Waals surface area contributed by atoms with Crippen LogP contribution in [0.4, 0.5) is 10.1 Å². The van der Waals surface area contributed by atoms with Crippen LogP contribution in [0.2, 0.25) is 0 Å². The zero-order chi connectivity index (χ0) is 21.2. The fraction of sp³-hybridized carbons (Fsp3) is 0.300. The number of nitro groups is 1. The standard InChI is InChI=1S/C20H21FN2O6/c1-2-3-9-28-19(24)13-29-18-11-15(21)7-8-17(18)20(25)22-12-14-5-4-6-16(10-14)23(26)27/h4-8,10-11H,2-3,9,12-13H2,1H3,(H,22,25). The van der Waals surface area contributed by atoms with Gasteiger partial charge in [-0.25, -0.2) is 9.18 Å². The minimum Gasteiger partial charge on any atom is -0.481 e. The number of hydrogen-bond acceptors (Lipinski definition) is 6. The van der Waals surface area contributed by atoms with E-state index in [1.54, 1.807) is 6.07 Å².